The lowest BCUT2D eigenvalue weighted by Gasteiger charge is -2.27. The monoisotopic (exact) mass is 199 g/mol. The van der Waals surface area contributed by atoms with Crippen LogP contribution in [0.3, 0.4) is 0 Å². The van der Waals surface area contributed by atoms with Crippen LogP contribution in [0.25, 0.3) is 0 Å². The Kier molecular flexibility index (Phi) is 3.34. The lowest BCUT2D eigenvalue weighted by atomic mass is 10.3. The summed E-state index contributed by atoms with van der Waals surface area (Å²) in [5.74, 6) is 0.101. The van der Waals surface area contributed by atoms with E-state index in [0.29, 0.717) is 13.2 Å². The molecule has 0 unspecified atom stereocenters. The van der Waals surface area contributed by atoms with E-state index in [2.05, 4.69) is 10.2 Å². The summed E-state index contributed by atoms with van der Waals surface area (Å²) in [5, 5.41) is 4.76. The highest BCUT2D eigenvalue weighted by molar-refractivity contribution is 5.77. The molecule has 0 aromatic heterocycles. The second-order valence-corrected chi connectivity index (χ2v) is 3.71. The van der Waals surface area contributed by atoms with E-state index < -0.39 is 0 Å². The normalized spacial score (nSPS) is 24.1. The molecule has 80 valence electrons. The van der Waals surface area contributed by atoms with Crippen LogP contribution in [0, 0.1) is 0 Å². The first-order valence-electron chi connectivity index (χ1n) is 5.22. The van der Waals surface area contributed by atoms with Crippen molar-refractivity contribution < 1.29 is 9.63 Å². The Morgan fingerprint density at radius 3 is 2.71 bits per heavy atom. The van der Waals surface area contributed by atoms with E-state index in [-0.39, 0.29) is 5.91 Å². The second kappa shape index (κ2) is 4.72. The fourth-order valence-corrected chi connectivity index (χ4v) is 1.78. The van der Waals surface area contributed by atoms with Gasteiger partial charge in [-0.05, 0) is 6.42 Å². The summed E-state index contributed by atoms with van der Waals surface area (Å²) >= 11 is 0. The van der Waals surface area contributed by atoms with E-state index in [0.717, 1.165) is 39.1 Å². The van der Waals surface area contributed by atoms with Crippen molar-refractivity contribution in [3.63, 3.8) is 0 Å². The summed E-state index contributed by atoms with van der Waals surface area (Å²) < 4.78 is 0. The van der Waals surface area contributed by atoms with Gasteiger partial charge in [0.05, 0.1) is 19.7 Å². The first kappa shape index (κ1) is 9.89. The summed E-state index contributed by atoms with van der Waals surface area (Å²) in [6.07, 6.45) is 0.966. The summed E-state index contributed by atoms with van der Waals surface area (Å²) in [6.45, 7) is 5.82. The summed E-state index contributed by atoms with van der Waals surface area (Å²) in [5.41, 5.74) is 0. The van der Waals surface area contributed by atoms with Gasteiger partial charge in [-0.25, -0.2) is 5.06 Å². The van der Waals surface area contributed by atoms with Gasteiger partial charge in [-0.15, -0.1) is 0 Å². The average Bonchev–Trinajstić information content (AvgIpc) is 2.72. The molecule has 0 radical (unpaired) electrons. The van der Waals surface area contributed by atoms with Crippen molar-refractivity contribution in [3.8, 4) is 0 Å². The SMILES string of the molecule is O=C(CN1CCNCC1)N1CCCO1. The number of amides is 1. The standard InChI is InChI=1S/C9H17N3O2/c13-9(12-4-1-7-14-12)8-11-5-2-10-3-6-11/h10H,1-8H2. The van der Waals surface area contributed by atoms with E-state index >= 15 is 0 Å². The van der Waals surface area contributed by atoms with Crippen molar-refractivity contribution in [3.05, 3.63) is 0 Å². The van der Waals surface area contributed by atoms with E-state index in [1.165, 1.54) is 5.06 Å². The van der Waals surface area contributed by atoms with Gasteiger partial charge in [0.2, 0.25) is 0 Å². The third kappa shape index (κ3) is 2.43. The molecule has 1 amide bonds. The molecule has 2 rings (SSSR count). The predicted octanol–water partition coefficient (Wildman–Crippen LogP) is -0.944. The van der Waals surface area contributed by atoms with Crippen LogP contribution in [-0.2, 0) is 9.63 Å². The number of rotatable bonds is 2. The molecule has 14 heavy (non-hydrogen) atoms. The van der Waals surface area contributed by atoms with Gasteiger partial charge in [-0.3, -0.25) is 14.5 Å². The van der Waals surface area contributed by atoms with E-state index in [4.69, 9.17) is 4.84 Å². The molecule has 0 aromatic carbocycles. The molecule has 0 spiro atoms. The molecule has 0 aromatic rings. The number of hydrogen-bond acceptors (Lipinski definition) is 4. The highest BCUT2D eigenvalue weighted by Gasteiger charge is 2.22. The van der Waals surface area contributed by atoms with Crippen LogP contribution in [0.2, 0.25) is 0 Å². The van der Waals surface area contributed by atoms with E-state index in [1.54, 1.807) is 0 Å². The van der Waals surface area contributed by atoms with Crippen molar-refractivity contribution in [1.82, 2.24) is 15.3 Å². The molecule has 2 heterocycles. The Morgan fingerprint density at radius 1 is 1.29 bits per heavy atom. The Morgan fingerprint density at radius 2 is 2.07 bits per heavy atom. The number of nitrogens with zero attached hydrogens (tertiary/aromatic N) is 2. The van der Waals surface area contributed by atoms with Crippen LogP contribution in [0.15, 0.2) is 0 Å². The molecular weight excluding hydrogens is 182 g/mol. The minimum absolute atomic E-state index is 0.101. The van der Waals surface area contributed by atoms with Crippen LogP contribution in [-0.4, -0.2) is 61.7 Å². The molecule has 2 saturated heterocycles. The maximum Gasteiger partial charge on any atom is 0.260 e. The van der Waals surface area contributed by atoms with Gasteiger partial charge in [0.1, 0.15) is 0 Å². The molecule has 0 aliphatic carbocycles. The first-order valence-corrected chi connectivity index (χ1v) is 5.22. The topological polar surface area (TPSA) is 44.8 Å². The summed E-state index contributed by atoms with van der Waals surface area (Å²) in [6, 6.07) is 0. The molecule has 2 fully saturated rings. The van der Waals surface area contributed by atoms with Gasteiger partial charge in [0.15, 0.2) is 0 Å². The fourth-order valence-electron chi connectivity index (χ4n) is 1.78. The second-order valence-electron chi connectivity index (χ2n) is 3.71. The van der Waals surface area contributed by atoms with Gasteiger partial charge in [0.25, 0.3) is 5.91 Å². The average molecular weight is 199 g/mol. The predicted molar refractivity (Wildman–Crippen MR) is 51.6 cm³/mol. The maximum absolute atomic E-state index is 11.7. The Balaban J connectivity index is 1.75. The number of hydroxylamine groups is 2. The molecule has 0 saturated carbocycles. The zero-order valence-corrected chi connectivity index (χ0v) is 8.37. The van der Waals surface area contributed by atoms with Crippen LogP contribution in [0.4, 0.5) is 0 Å². The third-order valence-electron chi connectivity index (χ3n) is 2.60. The van der Waals surface area contributed by atoms with Gasteiger partial charge >= 0.3 is 0 Å². The minimum Gasteiger partial charge on any atom is -0.314 e. The molecule has 1 N–H and O–H groups in total. The van der Waals surface area contributed by atoms with E-state index in [1.807, 2.05) is 0 Å². The summed E-state index contributed by atoms with van der Waals surface area (Å²) in [4.78, 5) is 19.0. The number of carbonyl (C=O) groups excluding carboxylic acids is 1. The molecule has 2 aliphatic heterocycles. The quantitative estimate of drug-likeness (QED) is 0.623. The maximum atomic E-state index is 11.7. The number of piperazine rings is 1. The summed E-state index contributed by atoms with van der Waals surface area (Å²) in [7, 11) is 0. The van der Waals surface area contributed by atoms with Gasteiger partial charge in [-0.2, -0.15) is 0 Å². The molecule has 0 atom stereocenters. The molecule has 5 nitrogen and oxygen atoms in total. The van der Waals surface area contributed by atoms with Crippen molar-refractivity contribution >= 4 is 5.91 Å². The van der Waals surface area contributed by atoms with Crippen molar-refractivity contribution in [2.45, 2.75) is 6.42 Å². The Bertz CT molecular complexity index is 198. The Labute approximate surface area is 83.9 Å². The lowest BCUT2D eigenvalue weighted by molar-refractivity contribution is -0.169. The number of nitrogens with one attached hydrogen (secondary N) is 1. The van der Waals surface area contributed by atoms with Crippen LogP contribution in [0.5, 0.6) is 0 Å². The van der Waals surface area contributed by atoms with Crippen molar-refractivity contribution in [2.24, 2.45) is 0 Å². The van der Waals surface area contributed by atoms with Crippen molar-refractivity contribution in [1.29, 1.82) is 0 Å². The third-order valence-corrected chi connectivity index (χ3v) is 2.60. The number of hydrogen-bond donors (Lipinski definition) is 1. The molecular formula is C9H17N3O2. The highest BCUT2D eigenvalue weighted by Crippen LogP contribution is 2.05. The fraction of sp³-hybridized carbons (Fsp3) is 0.889. The minimum atomic E-state index is 0.101. The van der Waals surface area contributed by atoms with Gasteiger partial charge in [-0.1, -0.05) is 0 Å². The largest absolute Gasteiger partial charge is 0.314 e. The zero-order chi connectivity index (χ0) is 9.80. The highest BCUT2D eigenvalue weighted by atomic mass is 16.7. The molecule has 5 heteroatoms. The van der Waals surface area contributed by atoms with Gasteiger partial charge < -0.3 is 5.32 Å². The van der Waals surface area contributed by atoms with Crippen molar-refractivity contribution in [2.75, 3.05) is 45.9 Å². The number of carbonyl (C=O) groups is 1. The Hall–Kier alpha value is -0.650. The van der Waals surface area contributed by atoms with E-state index in [9.17, 15) is 4.79 Å². The first-order chi connectivity index (χ1) is 6.86. The molecule has 2 aliphatic rings. The lowest BCUT2D eigenvalue weighted by Crippen LogP contribution is -2.47. The van der Waals surface area contributed by atoms with Crippen LogP contribution in [0.1, 0.15) is 6.42 Å². The van der Waals surface area contributed by atoms with Crippen LogP contribution < -0.4 is 5.32 Å². The smallest absolute Gasteiger partial charge is 0.260 e. The van der Waals surface area contributed by atoms with Gasteiger partial charge in [0, 0.05) is 26.2 Å². The van der Waals surface area contributed by atoms with Crippen LogP contribution >= 0.6 is 0 Å². The zero-order valence-electron chi connectivity index (χ0n) is 8.37. The molecule has 0 bridgehead atoms.